The van der Waals surface area contributed by atoms with Crippen molar-refractivity contribution in [1.82, 2.24) is 24.4 Å². The molecular weight excluding hydrogens is 439 g/mol. The minimum absolute atomic E-state index is 0.0524. The van der Waals surface area contributed by atoms with Crippen LogP contribution < -0.4 is 16.3 Å². The first kappa shape index (κ1) is 23.1. The predicted molar refractivity (Wildman–Crippen MR) is 118 cm³/mol. The number of pyridine rings is 2. The van der Waals surface area contributed by atoms with Crippen LogP contribution in [0.3, 0.4) is 0 Å². The summed E-state index contributed by atoms with van der Waals surface area (Å²) in [6.45, 7) is 4.98. The lowest BCUT2D eigenvalue weighted by Crippen LogP contribution is -2.47. The molecule has 0 atom stereocenters. The average molecular weight is 465 g/mol. The van der Waals surface area contributed by atoms with Gasteiger partial charge in [-0.1, -0.05) is 6.07 Å². The third kappa shape index (κ3) is 4.96. The van der Waals surface area contributed by atoms with Crippen molar-refractivity contribution >= 4 is 22.7 Å². The van der Waals surface area contributed by atoms with Crippen LogP contribution >= 0.6 is 0 Å². The fourth-order valence-corrected chi connectivity index (χ4v) is 4.10. The van der Waals surface area contributed by atoms with E-state index in [0.717, 1.165) is 57.4 Å². The van der Waals surface area contributed by atoms with Gasteiger partial charge in [-0.05, 0) is 18.6 Å². The van der Waals surface area contributed by atoms with Gasteiger partial charge in [0, 0.05) is 58.2 Å². The molecule has 1 fully saturated rings. The van der Waals surface area contributed by atoms with E-state index in [1.54, 1.807) is 19.4 Å². The maximum absolute atomic E-state index is 13.3. The number of fused-ring (bicyclic) bond motifs is 1. The second-order valence-corrected chi connectivity index (χ2v) is 7.96. The van der Waals surface area contributed by atoms with Crippen LogP contribution in [0.15, 0.2) is 29.2 Å². The molecule has 3 N–H and O–H groups in total. The molecule has 0 aromatic carbocycles. The zero-order valence-corrected chi connectivity index (χ0v) is 18.2. The van der Waals surface area contributed by atoms with E-state index in [1.807, 2.05) is 6.07 Å². The highest BCUT2D eigenvalue weighted by molar-refractivity contribution is 5.85. The monoisotopic (exact) mass is 465 g/mol. The Hall–Kier alpha value is -3.12. The summed E-state index contributed by atoms with van der Waals surface area (Å²) in [6, 6.07) is 4.42. The third-order valence-electron chi connectivity index (χ3n) is 5.78. The molecule has 3 aromatic rings. The normalized spacial score (nSPS) is 15.5. The van der Waals surface area contributed by atoms with Crippen molar-refractivity contribution in [3.8, 4) is 0 Å². The van der Waals surface area contributed by atoms with Gasteiger partial charge in [0.2, 0.25) is 0 Å². The number of H-pyrrole nitrogens is 1. The van der Waals surface area contributed by atoms with Gasteiger partial charge in [0.1, 0.15) is 22.8 Å². The van der Waals surface area contributed by atoms with Gasteiger partial charge in [-0.25, -0.2) is 14.8 Å². The summed E-state index contributed by atoms with van der Waals surface area (Å²) in [7, 11) is 1.69. The number of methoxy groups -OCH3 is 1. The molecule has 1 aliphatic heterocycles. The number of ether oxygens (including phenoxy) is 1. The number of anilines is 2. The number of aromatic nitrogens is 4. The molecule has 0 radical (unpaired) electrons. The van der Waals surface area contributed by atoms with Crippen LogP contribution in [0.5, 0.6) is 0 Å². The number of rotatable bonds is 7. The fourth-order valence-electron chi connectivity index (χ4n) is 4.10. The van der Waals surface area contributed by atoms with E-state index in [-0.39, 0.29) is 23.4 Å². The van der Waals surface area contributed by atoms with Crippen molar-refractivity contribution in [2.75, 3.05) is 57.1 Å². The molecule has 178 valence electrons. The Morgan fingerprint density at radius 2 is 2.00 bits per heavy atom. The summed E-state index contributed by atoms with van der Waals surface area (Å²) >= 11 is 0. The van der Waals surface area contributed by atoms with Crippen molar-refractivity contribution in [2.45, 2.75) is 19.1 Å². The molecule has 0 aliphatic carbocycles. The molecule has 12 heteroatoms. The van der Waals surface area contributed by atoms with Gasteiger partial charge in [-0.3, -0.25) is 9.47 Å². The molecule has 33 heavy (non-hydrogen) atoms. The third-order valence-corrected chi connectivity index (χ3v) is 5.78. The van der Waals surface area contributed by atoms with E-state index in [9.17, 15) is 18.0 Å². The topological polar surface area (TPSA) is 105 Å². The number of alkyl halides is 3. The first-order valence-electron chi connectivity index (χ1n) is 10.6. The number of hydrogen-bond donors (Lipinski definition) is 2. The number of nitrogens with one attached hydrogen (secondary N) is 1. The van der Waals surface area contributed by atoms with Gasteiger partial charge in [0.15, 0.2) is 0 Å². The molecule has 0 amide bonds. The first-order valence-corrected chi connectivity index (χ1v) is 10.6. The van der Waals surface area contributed by atoms with E-state index >= 15 is 0 Å². The Labute approximate surface area is 188 Å². The Kier molecular flexibility index (Phi) is 6.56. The second-order valence-electron chi connectivity index (χ2n) is 7.96. The highest BCUT2D eigenvalue weighted by Crippen LogP contribution is 2.31. The number of halogens is 3. The Balaban J connectivity index is 1.60. The van der Waals surface area contributed by atoms with Crippen LogP contribution in [0.1, 0.15) is 17.7 Å². The lowest BCUT2D eigenvalue weighted by Gasteiger charge is -2.36. The van der Waals surface area contributed by atoms with Crippen LogP contribution in [-0.2, 0) is 17.5 Å². The molecule has 9 nitrogen and oxygen atoms in total. The molecule has 1 aliphatic rings. The Morgan fingerprint density at radius 1 is 1.24 bits per heavy atom. The van der Waals surface area contributed by atoms with Crippen LogP contribution in [0, 0.1) is 0 Å². The highest BCUT2D eigenvalue weighted by atomic mass is 19.4. The van der Waals surface area contributed by atoms with E-state index in [2.05, 4.69) is 24.8 Å². The second kappa shape index (κ2) is 9.40. The van der Waals surface area contributed by atoms with Gasteiger partial charge in [-0.2, -0.15) is 13.2 Å². The lowest BCUT2D eigenvalue weighted by atomic mass is 10.2. The molecule has 0 saturated carbocycles. The summed E-state index contributed by atoms with van der Waals surface area (Å²) < 4.78 is 46.1. The molecular formula is C21H26F3N7O2. The lowest BCUT2D eigenvalue weighted by molar-refractivity contribution is -0.141. The zero-order valence-electron chi connectivity index (χ0n) is 18.2. The SMILES string of the molecule is COCCCN1CCN(c2ncccc2Cn2c(=O)[nH]c3c(N)nc(C(F)(F)F)cc32)CC1. The molecule has 4 rings (SSSR count). The maximum atomic E-state index is 13.3. The van der Waals surface area contributed by atoms with Crippen LogP contribution in [0.4, 0.5) is 24.8 Å². The van der Waals surface area contributed by atoms with Crippen molar-refractivity contribution in [3.05, 3.63) is 46.1 Å². The minimum atomic E-state index is -4.68. The highest BCUT2D eigenvalue weighted by Gasteiger charge is 2.34. The van der Waals surface area contributed by atoms with E-state index in [4.69, 9.17) is 10.5 Å². The van der Waals surface area contributed by atoms with Crippen LogP contribution in [-0.4, -0.2) is 70.9 Å². The number of imidazole rings is 1. The summed E-state index contributed by atoms with van der Waals surface area (Å²) in [5.41, 5.74) is 4.88. The van der Waals surface area contributed by atoms with Gasteiger partial charge >= 0.3 is 11.9 Å². The fraction of sp³-hybridized carbons (Fsp3) is 0.476. The van der Waals surface area contributed by atoms with Crippen molar-refractivity contribution in [3.63, 3.8) is 0 Å². The first-order chi connectivity index (χ1) is 15.8. The minimum Gasteiger partial charge on any atom is -0.385 e. The zero-order chi connectivity index (χ0) is 23.6. The number of nitrogens with two attached hydrogens (primary N) is 1. The quantitative estimate of drug-likeness (QED) is 0.514. The molecule has 0 unspecified atom stereocenters. The molecule has 0 bridgehead atoms. The van der Waals surface area contributed by atoms with Crippen molar-refractivity contribution < 1.29 is 17.9 Å². The number of piperazine rings is 1. The van der Waals surface area contributed by atoms with Crippen molar-refractivity contribution in [1.29, 1.82) is 0 Å². The van der Waals surface area contributed by atoms with Gasteiger partial charge in [0.25, 0.3) is 0 Å². The number of hydrogen-bond acceptors (Lipinski definition) is 7. The average Bonchev–Trinajstić information content (AvgIpc) is 3.10. The van der Waals surface area contributed by atoms with Crippen molar-refractivity contribution in [2.24, 2.45) is 0 Å². The van der Waals surface area contributed by atoms with Gasteiger partial charge in [0.05, 0.1) is 12.1 Å². The predicted octanol–water partition coefficient (Wildman–Crippen LogP) is 1.93. The smallest absolute Gasteiger partial charge is 0.385 e. The summed E-state index contributed by atoms with van der Waals surface area (Å²) in [5, 5.41) is 0. The summed E-state index contributed by atoms with van der Waals surface area (Å²) in [4.78, 5) is 27.5. The molecule has 3 aromatic heterocycles. The van der Waals surface area contributed by atoms with E-state index < -0.39 is 17.6 Å². The summed E-state index contributed by atoms with van der Waals surface area (Å²) in [6.07, 6.45) is -2.04. The molecule has 0 spiro atoms. The van der Waals surface area contributed by atoms with Crippen LogP contribution in [0.25, 0.3) is 11.0 Å². The maximum Gasteiger partial charge on any atom is 0.433 e. The number of aromatic amines is 1. The molecule has 1 saturated heterocycles. The largest absolute Gasteiger partial charge is 0.433 e. The van der Waals surface area contributed by atoms with Gasteiger partial charge < -0.3 is 20.4 Å². The number of nitrogens with zero attached hydrogens (tertiary/aromatic N) is 5. The van der Waals surface area contributed by atoms with E-state index in [1.165, 1.54) is 4.57 Å². The Bertz CT molecular complexity index is 1170. The van der Waals surface area contributed by atoms with E-state index in [0.29, 0.717) is 5.82 Å². The van der Waals surface area contributed by atoms with Crippen LogP contribution in [0.2, 0.25) is 0 Å². The standard InChI is InChI=1S/C21H26F3N7O2/c1-33-11-3-6-29-7-9-30(10-8-29)19-14(4-2-5-26-19)13-31-15-12-16(21(22,23)24)27-18(25)17(15)28-20(31)32/h2,4-5,12H,3,6-11,13H2,1H3,(H2,25,27)(H,28,32). The van der Waals surface area contributed by atoms with Gasteiger partial charge in [-0.15, -0.1) is 0 Å². The number of nitrogen functional groups attached to an aromatic ring is 1. The summed E-state index contributed by atoms with van der Waals surface area (Å²) in [5.74, 6) is 0.347. The Morgan fingerprint density at radius 3 is 2.70 bits per heavy atom. The molecule has 4 heterocycles.